The summed E-state index contributed by atoms with van der Waals surface area (Å²) in [6, 6.07) is 0.483. The van der Waals surface area contributed by atoms with Crippen LogP contribution in [0.3, 0.4) is 0 Å². The number of carbonyl (C=O) groups excluding carboxylic acids is 1. The Kier molecular flexibility index (Phi) is 6.49. The zero-order chi connectivity index (χ0) is 6.53. The molecule has 3 heteroatoms. The molecule has 0 bridgehead atoms. The van der Waals surface area contributed by atoms with Gasteiger partial charge in [-0.25, -0.2) is 0 Å². The number of amides is 1. The van der Waals surface area contributed by atoms with Gasteiger partial charge in [0.25, 0.3) is 0 Å². The molecule has 0 radical (unpaired) electrons. The van der Waals surface area contributed by atoms with Crippen LogP contribution in [0.2, 0.25) is 0 Å². The molecule has 2 nitrogen and oxygen atoms in total. The van der Waals surface area contributed by atoms with E-state index in [1.807, 2.05) is 0 Å². The molecule has 1 amide bonds. The number of hydrogen-bond acceptors (Lipinski definition) is 1. The maximum absolute atomic E-state index is 9.96. The molecule has 54 valence electrons. The molecule has 0 aromatic carbocycles. The predicted octanol–water partition coefficient (Wildman–Crippen LogP) is 0.417. The first kappa shape index (κ1) is 10.5. The van der Waals surface area contributed by atoms with Crippen LogP contribution in [0.5, 0.6) is 0 Å². The number of nitrogens with one attached hydrogen (secondary N) is 1. The third-order valence-corrected chi connectivity index (χ3v) is 1.91. The Hall–Kier alpha value is 0.470. The Morgan fingerprint density at radius 2 is 1.80 bits per heavy atom. The summed E-state index contributed by atoms with van der Waals surface area (Å²) in [6.07, 6.45) is 7.08. The summed E-state index contributed by atoms with van der Waals surface area (Å²) in [6.45, 7) is 0. The van der Waals surface area contributed by atoms with Crippen molar-refractivity contribution in [3.8, 4) is 0 Å². The fraction of sp³-hybridized carbons (Fsp3) is 0.857. The molecule has 0 heterocycles. The Morgan fingerprint density at radius 1 is 1.20 bits per heavy atom. The fourth-order valence-electron chi connectivity index (χ4n) is 1.37. The molecular formula is C7H14NNaO. The van der Waals surface area contributed by atoms with Crippen LogP contribution in [0.4, 0.5) is 0 Å². The van der Waals surface area contributed by atoms with Gasteiger partial charge in [0.15, 0.2) is 0 Å². The Bertz CT molecular complexity index is 91.6. The summed E-state index contributed by atoms with van der Waals surface area (Å²) < 4.78 is 0. The van der Waals surface area contributed by atoms with Crippen LogP contribution < -0.4 is 5.32 Å². The number of carbonyl (C=O) groups is 1. The van der Waals surface area contributed by atoms with Gasteiger partial charge in [-0.2, -0.15) is 0 Å². The van der Waals surface area contributed by atoms with E-state index in [4.69, 9.17) is 0 Å². The van der Waals surface area contributed by atoms with E-state index >= 15 is 0 Å². The van der Waals surface area contributed by atoms with Gasteiger partial charge in [-0.05, 0) is 12.8 Å². The Morgan fingerprint density at radius 3 is 2.30 bits per heavy atom. The van der Waals surface area contributed by atoms with Gasteiger partial charge >= 0.3 is 29.6 Å². The van der Waals surface area contributed by atoms with Crippen molar-refractivity contribution in [2.75, 3.05) is 0 Å². The molecule has 0 aromatic rings. The SMILES string of the molecule is O=CNC1CCCCC1.[NaH]. The summed E-state index contributed by atoms with van der Waals surface area (Å²) in [5, 5.41) is 2.80. The van der Waals surface area contributed by atoms with E-state index in [0.29, 0.717) is 6.04 Å². The van der Waals surface area contributed by atoms with Gasteiger partial charge in [0.1, 0.15) is 0 Å². The van der Waals surface area contributed by atoms with Crippen LogP contribution in [0, 0.1) is 0 Å². The molecule has 1 fully saturated rings. The molecule has 1 aliphatic rings. The summed E-state index contributed by atoms with van der Waals surface area (Å²) >= 11 is 0. The van der Waals surface area contributed by atoms with Crippen LogP contribution in [0.15, 0.2) is 0 Å². The van der Waals surface area contributed by atoms with Crippen molar-refractivity contribution in [1.29, 1.82) is 0 Å². The van der Waals surface area contributed by atoms with Gasteiger partial charge in [-0.15, -0.1) is 0 Å². The van der Waals surface area contributed by atoms with Crippen LogP contribution in [0.1, 0.15) is 32.1 Å². The van der Waals surface area contributed by atoms with Gasteiger partial charge < -0.3 is 5.32 Å². The Balaban J connectivity index is 0.000000810. The molecule has 10 heavy (non-hydrogen) atoms. The third kappa shape index (κ3) is 3.59. The normalized spacial score (nSPS) is 19.2. The zero-order valence-electron chi connectivity index (χ0n) is 5.60. The molecule has 1 aliphatic carbocycles. The second kappa shape index (κ2) is 6.20. The van der Waals surface area contributed by atoms with Crippen molar-refractivity contribution in [3.63, 3.8) is 0 Å². The first-order chi connectivity index (χ1) is 4.43. The standard InChI is InChI=1S/C7H13NO.Na.H/c9-6-8-7-4-2-1-3-5-7;;/h6-7H,1-5H2,(H,8,9);;. The molecular weight excluding hydrogens is 137 g/mol. The molecule has 0 unspecified atom stereocenters. The van der Waals surface area contributed by atoms with Crippen LogP contribution >= 0.6 is 0 Å². The molecule has 0 aliphatic heterocycles. The first-order valence-corrected chi connectivity index (χ1v) is 3.63. The summed E-state index contributed by atoms with van der Waals surface area (Å²) in [5.74, 6) is 0. The number of hydrogen-bond donors (Lipinski definition) is 1. The molecule has 1 N–H and O–H groups in total. The molecule has 0 saturated heterocycles. The topological polar surface area (TPSA) is 29.1 Å². The van der Waals surface area contributed by atoms with E-state index in [2.05, 4.69) is 5.32 Å². The van der Waals surface area contributed by atoms with Crippen LogP contribution in [0.25, 0.3) is 0 Å². The third-order valence-electron chi connectivity index (χ3n) is 1.91. The van der Waals surface area contributed by atoms with Crippen molar-refractivity contribution < 1.29 is 4.79 Å². The quantitative estimate of drug-likeness (QED) is 0.449. The van der Waals surface area contributed by atoms with Crippen molar-refractivity contribution in [1.82, 2.24) is 5.32 Å². The van der Waals surface area contributed by atoms with Crippen LogP contribution in [-0.2, 0) is 4.79 Å². The molecule has 1 rings (SSSR count). The molecule has 1 saturated carbocycles. The minimum atomic E-state index is 0. The predicted molar refractivity (Wildman–Crippen MR) is 43.2 cm³/mol. The minimum absolute atomic E-state index is 0. The average Bonchev–Trinajstić information content (AvgIpc) is 1.91. The van der Waals surface area contributed by atoms with E-state index in [1.54, 1.807) is 0 Å². The van der Waals surface area contributed by atoms with E-state index in [9.17, 15) is 4.79 Å². The zero-order valence-corrected chi connectivity index (χ0v) is 5.60. The second-order valence-electron chi connectivity index (χ2n) is 2.62. The fourth-order valence-corrected chi connectivity index (χ4v) is 1.37. The van der Waals surface area contributed by atoms with Gasteiger partial charge in [-0.1, -0.05) is 19.3 Å². The van der Waals surface area contributed by atoms with Gasteiger partial charge in [-0.3, -0.25) is 4.79 Å². The van der Waals surface area contributed by atoms with Crippen molar-refractivity contribution in [2.45, 2.75) is 38.1 Å². The van der Waals surface area contributed by atoms with E-state index in [0.717, 1.165) is 6.41 Å². The first-order valence-electron chi connectivity index (χ1n) is 3.63. The van der Waals surface area contributed by atoms with Crippen molar-refractivity contribution >= 4 is 36.0 Å². The van der Waals surface area contributed by atoms with Gasteiger partial charge in [0.2, 0.25) is 6.41 Å². The number of rotatable bonds is 2. The van der Waals surface area contributed by atoms with Crippen LogP contribution in [-0.4, -0.2) is 42.0 Å². The van der Waals surface area contributed by atoms with E-state index < -0.39 is 0 Å². The maximum atomic E-state index is 9.96. The van der Waals surface area contributed by atoms with Crippen molar-refractivity contribution in [3.05, 3.63) is 0 Å². The van der Waals surface area contributed by atoms with Gasteiger partial charge in [0.05, 0.1) is 0 Å². The molecule has 0 aromatic heterocycles. The van der Waals surface area contributed by atoms with E-state index in [-0.39, 0.29) is 29.6 Å². The monoisotopic (exact) mass is 151 g/mol. The van der Waals surface area contributed by atoms with Gasteiger partial charge in [0, 0.05) is 6.04 Å². The molecule has 0 atom stereocenters. The Labute approximate surface area is 84.0 Å². The van der Waals surface area contributed by atoms with E-state index in [1.165, 1.54) is 32.1 Å². The summed E-state index contributed by atoms with van der Waals surface area (Å²) in [4.78, 5) is 9.96. The average molecular weight is 151 g/mol. The van der Waals surface area contributed by atoms with Crippen molar-refractivity contribution in [2.24, 2.45) is 0 Å². The molecule has 0 spiro atoms. The second-order valence-corrected chi connectivity index (χ2v) is 2.62. The summed E-state index contributed by atoms with van der Waals surface area (Å²) in [5.41, 5.74) is 0. The summed E-state index contributed by atoms with van der Waals surface area (Å²) in [7, 11) is 0.